The molecule has 0 atom stereocenters. The molecule has 8 heteroatoms. The Labute approximate surface area is 217 Å². The third-order valence-corrected chi connectivity index (χ3v) is 6.43. The number of hydrogen-bond acceptors (Lipinski definition) is 7. The monoisotopic (exact) mass is 494 g/mol. The van der Waals surface area contributed by atoms with Crippen molar-refractivity contribution in [2.45, 2.75) is 13.5 Å². The van der Waals surface area contributed by atoms with Gasteiger partial charge in [-0.1, -0.05) is 18.2 Å². The summed E-state index contributed by atoms with van der Waals surface area (Å²) in [6, 6.07) is 19.2. The van der Waals surface area contributed by atoms with E-state index in [-0.39, 0.29) is 11.9 Å². The van der Waals surface area contributed by atoms with Gasteiger partial charge >= 0.3 is 6.01 Å². The lowest BCUT2D eigenvalue weighted by Crippen LogP contribution is -2.43. The number of aryl methyl sites for hydroxylation is 1. The van der Waals surface area contributed by atoms with E-state index in [1.165, 1.54) is 0 Å². The van der Waals surface area contributed by atoms with Crippen LogP contribution in [-0.4, -0.2) is 63.9 Å². The molecule has 5 rings (SSSR count). The van der Waals surface area contributed by atoms with Crippen LogP contribution in [-0.2, 0) is 6.54 Å². The van der Waals surface area contributed by atoms with Crippen LogP contribution in [0.4, 0.5) is 5.69 Å². The van der Waals surface area contributed by atoms with Crippen molar-refractivity contribution in [2.75, 3.05) is 38.5 Å². The van der Waals surface area contributed by atoms with Crippen LogP contribution in [0.15, 0.2) is 79.3 Å². The van der Waals surface area contributed by atoms with Crippen molar-refractivity contribution in [1.82, 2.24) is 24.8 Å². The van der Waals surface area contributed by atoms with Crippen LogP contribution in [0.1, 0.15) is 21.5 Å². The molecular weight excluding hydrogens is 464 g/mol. The molecule has 0 radical (unpaired) electrons. The molecule has 0 bridgehead atoms. The second kappa shape index (κ2) is 11.3. The summed E-state index contributed by atoms with van der Waals surface area (Å²) in [5.41, 5.74) is 4.90. The van der Waals surface area contributed by atoms with Crippen LogP contribution < -0.4 is 10.1 Å². The van der Waals surface area contributed by atoms with Crippen LogP contribution in [0.5, 0.6) is 11.8 Å². The topological polar surface area (TPSA) is 83.5 Å². The van der Waals surface area contributed by atoms with Crippen LogP contribution in [0.2, 0.25) is 0 Å². The summed E-state index contributed by atoms with van der Waals surface area (Å²) in [6.07, 6.45) is 5.11. The molecule has 1 aliphatic heterocycles. The number of hydrogen-bond donors (Lipinski definition) is 1. The summed E-state index contributed by atoms with van der Waals surface area (Å²) in [6.45, 7) is 6.98. The van der Waals surface area contributed by atoms with E-state index in [1.54, 1.807) is 24.7 Å². The van der Waals surface area contributed by atoms with Crippen LogP contribution in [0, 0.1) is 6.92 Å². The van der Waals surface area contributed by atoms with E-state index in [9.17, 15) is 4.79 Å². The first kappa shape index (κ1) is 24.5. The minimum Gasteiger partial charge on any atom is -0.424 e. The fraction of sp³-hybridized carbons (Fsp3) is 0.241. The van der Waals surface area contributed by atoms with Gasteiger partial charge in [-0.25, -0.2) is 4.98 Å². The number of rotatable bonds is 7. The third-order valence-electron chi connectivity index (χ3n) is 6.43. The van der Waals surface area contributed by atoms with E-state index in [0.29, 0.717) is 17.0 Å². The highest BCUT2D eigenvalue weighted by Crippen LogP contribution is 2.28. The van der Waals surface area contributed by atoms with Gasteiger partial charge in [-0.2, -0.15) is 4.98 Å². The predicted octanol–water partition coefficient (Wildman–Crippen LogP) is 4.64. The molecule has 4 aromatic rings. The molecule has 0 aliphatic carbocycles. The molecule has 3 heterocycles. The molecule has 1 aliphatic rings. The van der Waals surface area contributed by atoms with Gasteiger partial charge in [0.05, 0.1) is 5.69 Å². The number of piperazine rings is 1. The summed E-state index contributed by atoms with van der Waals surface area (Å²) in [5.74, 6) is 0.412. The summed E-state index contributed by atoms with van der Waals surface area (Å²) in [5, 5.41) is 3.00. The van der Waals surface area contributed by atoms with Crippen LogP contribution in [0.25, 0.3) is 11.3 Å². The lowest BCUT2D eigenvalue weighted by molar-refractivity contribution is 0.102. The molecule has 0 unspecified atom stereocenters. The van der Waals surface area contributed by atoms with Crippen LogP contribution in [0.3, 0.4) is 0 Å². The fourth-order valence-electron chi connectivity index (χ4n) is 4.23. The zero-order valence-electron chi connectivity index (χ0n) is 21.1. The van der Waals surface area contributed by atoms with E-state index >= 15 is 0 Å². The lowest BCUT2D eigenvalue weighted by atomic mass is 10.1. The minimum absolute atomic E-state index is 0.162. The smallest absolute Gasteiger partial charge is 0.322 e. The first-order valence-electron chi connectivity index (χ1n) is 12.4. The molecule has 0 saturated carbocycles. The molecular formula is C29H30N6O2. The van der Waals surface area contributed by atoms with Gasteiger partial charge in [0.1, 0.15) is 5.75 Å². The molecule has 1 fully saturated rings. The van der Waals surface area contributed by atoms with E-state index in [2.05, 4.69) is 43.2 Å². The predicted molar refractivity (Wildman–Crippen MR) is 144 cm³/mol. The number of nitrogens with zero attached hydrogens (tertiary/aromatic N) is 5. The number of benzene rings is 2. The molecule has 1 N–H and O–H groups in total. The number of amides is 1. The maximum absolute atomic E-state index is 13.1. The van der Waals surface area contributed by atoms with Gasteiger partial charge in [-0.15, -0.1) is 0 Å². The Morgan fingerprint density at radius 1 is 1.00 bits per heavy atom. The van der Waals surface area contributed by atoms with Crippen molar-refractivity contribution < 1.29 is 9.53 Å². The van der Waals surface area contributed by atoms with Crippen LogP contribution >= 0.6 is 0 Å². The Bertz CT molecular complexity index is 1370. The highest BCUT2D eigenvalue weighted by atomic mass is 16.5. The first-order valence-corrected chi connectivity index (χ1v) is 12.4. The largest absolute Gasteiger partial charge is 0.424 e. The van der Waals surface area contributed by atoms with Gasteiger partial charge in [0, 0.05) is 74.2 Å². The van der Waals surface area contributed by atoms with E-state index in [4.69, 9.17) is 4.74 Å². The van der Waals surface area contributed by atoms with Crippen molar-refractivity contribution in [3.05, 3.63) is 95.9 Å². The summed E-state index contributed by atoms with van der Waals surface area (Å²) in [4.78, 5) is 30.7. The number of likely N-dealkylation sites (N-methyl/N-ethyl adjacent to an activating group) is 1. The van der Waals surface area contributed by atoms with Crippen molar-refractivity contribution in [3.8, 4) is 23.0 Å². The van der Waals surface area contributed by atoms with Gasteiger partial charge in [0.15, 0.2) is 0 Å². The van der Waals surface area contributed by atoms with Crippen molar-refractivity contribution in [1.29, 1.82) is 0 Å². The molecule has 2 aromatic carbocycles. The lowest BCUT2D eigenvalue weighted by Gasteiger charge is -2.32. The zero-order chi connectivity index (χ0) is 25.6. The number of pyridine rings is 1. The number of nitrogens with one attached hydrogen (secondary N) is 1. The maximum Gasteiger partial charge on any atom is 0.322 e. The number of carbonyl (C=O) groups is 1. The van der Waals surface area contributed by atoms with Crippen molar-refractivity contribution in [3.63, 3.8) is 0 Å². The molecule has 188 valence electrons. The second-order valence-electron chi connectivity index (χ2n) is 9.28. The Morgan fingerprint density at radius 3 is 2.68 bits per heavy atom. The van der Waals surface area contributed by atoms with Crippen molar-refractivity contribution in [2.24, 2.45) is 0 Å². The van der Waals surface area contributed by atoms with Gasteiger partial charge in [0.2, 0.25) is 0 Å². The number of carbonyl (C=O) groups excluding carboxylic acids is 1. The molecule has 1 amide bonds. The second-order valence-corrected chi connectivity index (χ2v) is 9.28. The normalized spacial score (nSPS) is 14.3. The van der Waals surface area contributed by atoms with E-state index in [0.717, 1.165) is 55.1 Å². The third kappa shape index (κ3) is 6.35. The Morgan fingerprint density at radius 2 is 1.86 bits per heavy atom. The number of aromatic nitrogens is 3. The van der Waals surface area contributed by atoms with Gasteiger partial charge in [0.25, 0.3) is 5.91 Å². The summed E-state index contributed by atoms with van der Waals surface area (Å²) >= 11 is 0. The minimum atomic E-state index is -0.162. The average Bonchev–Trinajstić information content (AvgIpc) is 2.93. The Balaban J connectivity index is 1.27. The van der Waals surface area contributed by atoms with Gasteiger partial charge in [-0.05, 0) is 61.5 Å². The standard InChI is InChI=1S/C29H30N6O2/c1-21-8-9-25(18-27(21)37-29-31-12-10-26(33-29)24-7-4-11-30-19-24)32-28(36)23-6-3-5-22(17-23)20-35-15-13-34(2)14-16-35/h3-12,17-19H,13-16,20H2,1-2H3,(H,32,36). The van der Waals surface area contributed by atoms with E-state index in [1.807, 2.05) is 55.5 Å². The fourth-order valence-corrected chi connectivity index (χ4v) is 4.23. The highest BCUT2D eigenvalue weighted by Gasteiger charge is 2.15. The quantitative estimate of drug-likeness (QED) is 0.401. The van der Waals surface area contributed by atoms with Gasteiger partial charge in [-0.3, -0.25) is 14.7 Å². The average molecular weight is 495 g/mol. The maximum atomic E-state index is 13.1. The molecule has 0 spiro atoms. The number of ether oxygens (including phenoxy) is 1. The van der Waals surface area contributed by atoms with Gasteiger partial charge < -0.3 is 15.0 Å². The van der Waals surface area contributed by atoms with Crippen molar-refractivity contribution >= 4 is 11.6 Å². The first-order chi connectivity index (χ1) is 18.0. The summed E-state index contributed by atoms with van der Waals surface area (Å²) in [7, 11) is 2.15. The van der Waals surface area contributed by atoms with E-state index < -0.39 is 0 Å². The Kier molecular flexibility index (Phi) is 7.49. The molecule has 2 aromatic heterocycles. The molecule has 8 nitrogen and oxygen atoms in total. The summed E-state index contributed by atoms with van der Waals surface area (Å²) < 4.78 is 6.01. The molecule has 37 heavy (non-hydrogen) atoms. The molecule has 1 saturated heterocycles. The SMILES string of the molecule is Cc1ccc(NC(=O)c2cccc(CN3CCN(C)CC3)c2)cc1Oc1nccc(-c2cccnc2)n1. The highest BCUT2D eigenvalue weighted by molar-refractivity contribution is 6.04. The number of anilines is 1. The zero-order valence-corrected chi connectivity index (χ0v) is 21.1. The Hall–Kier alpha value is -4.14.